The van der Waals surface area contributed by atoms with Gasteiger partial charge < -0.3 is 14.3 Å². The van der Waals surface area contributed by atoms with Crippen molar-refractivity contribution >= 4 is 22.8 Å². The molecule has 3 heterocycles. The van der Waals surface area contributed by atoms with Crippen LogP contribution >= 0.6 is 0 Å². The molecule has 0 aliphatic heterocycles. The lowest BCUT2D eigenvalue weighted by Gasteiger charge is -2.11. The number of anilines is 1. The van der Waals surface area contributed by atoms with Crippen molar-refractivity contribution in [1.29, 1.82) is 0 Å². The van der Waals surface area contributed by atoms with Gasteiger partial charge in [-0.3, -0.25) is 4.79 Å². The average molecular weight is 345 g/mol. The number of amides is 1. The highest BCUT2D eigenvalue weighted by molar-refractivity contribution is 6.05. The van der Waals surface area contributed by atoms with Gasteiger partial charge in [-0.25, -0.2) is 4.98 Å². The summed E-state index contributed by atoms with van der Waals surface area (Å²) in [6.45, 7) is 4.54. The van der Waals surface area contributed by atoms with Crippen LogP contribution in [0.1, 0.15) is 27.3 Å². The zero-order chi connectivity index (χ0) is 18.1. The Kier molecular flexibility index (Phi) is 4.05. The quantitative estimate of drug-likeness (QED) is 0.590. The Labute approximate surface area is 151 Å². The number of furan rings is 1. The number of nitrogens with one attached hydrogen (secondary N) is 1. The van der Waals surface area contributed by atoms with Crippen LogP contribution in [-0.2, 0) is 6.54 Å². The van der Waals surface area contributed by atoms with Gasteiger partial charge >= 0.3 is 0 Å². The average Bonchev–Trinajstić information content (AvgIpc) is 3.19. The van der Waals surface area contributed by atoms with Gasteiger partial charge in [-0.1, -0.05) is 35.9 Å². The van der Waals surface area contributed by atoms with Crippen molar-refractivity contribution in [3.63, 3.8) is 0 Å². The van der Waals surface area contributed by atoms with Gasteiger partial charge in [0.15, 0.2) is 5.58 Å². The summed E-state index contributed by atoms with van der Waals surface area (Å²) in [7, 11) is 0. The first kappa shape index (κ1) is 16.1. The third kappa shape index (κ3) is 3.11. The van der Waals surface area contributed by atoms with Gasteiger partial charge in [-0.15, -0.1) is 0 Å². The zero-order valence-corrected chi connectivity index (χ0v) is 14.7. The Morgan fingerprint density at radius 3 is 2.69 bits per heavy atom. The van der Waals surface area contributed by atoms with Gasteiger partial charge in [0.2, 0.25) is 0 Å². The van der Waals surface area contributed by atoms with Gasteiger partial charge in [0.25, 0.3) is 5.91 Å². The predicted molar refractivity (Wildman–Crippen MR) is 101 cm³/mol. The standard InChI is InChI=1S/C21H19N3O2/c1-14-6-8-16(9-7-14)13-24-17-10-11-26-19(17)12-18(24)21(25)23-20-5-3-4-15(2)22-20/h3-12H,13H2,1-2H3,(H,22,23,25). The van der Waals surface area contributed by atoms with E-state index < -0.39 is 0 Å². The fraction of sp³-hybridized carbons (Fsp3) is 0.143. The molecule has 5 heteroatoms. The molecule has 0 spiro atoms. The summed E-state index contributed by atoms with van der Waals surface area (Å²) < 4.78 is 7.47. The molecule has 130 valence electrons. The monoisotopic (exact) mass is 345 g/mol. The molecular weight excluding hydrogens is 326 g/mol. The van der Waals surface area contributed by atoms with Crippen LogP contribution < -0.4 is 5.32 Å². The maximum absolute atomic E-state index is 12.8. The number of hydrogen-bond acceptors (Lipinski definition) is 3. The highest BCUT2D eigenvalue weighted by Gasteiger charge is 2.18. The number of aryl methyl sites for hydroxylation is 2. The number of rotatable bonds is 4. The van der Waals surface area contributed by atoms with Crippen LogP contribution in [-0.4, -0.2) is 15.5 Å². The Morgan fingerprint density at radius 1 is 1.12 bits per heavy atom. The molecule has 1 amide bonds. The highest BCUT2D eigenvalue weighted by atomic mass is 16.3. The largest absolute Gasteiger partial charge is 0.463 e. The van der Waals surface area contributed by atoms with Crippen LogP contribution in [0, 0.1) is 13.8 Å². The Morgan fingerprint density at radius 2 is 1.92 bits per heavy atom. The number of pyridine rings is 1. The number of nitrogens with zero attached hydrogens (tertiary/aromatic N) is 2. The van der Waals surface area contributed by atoms with Crippen molar-refractivity contribution in [2.45, 2.75) is 20.4 Å². The minimum atomic E-state index is -0.207. The zero-order valence-electron chi connectivity index (χ0n) is 14.7. The molecule has 1 N–H and O–H groups in total. The van der Waals surface area contributed by atoms with Crippen LogP contribution in [0.2, 0.25) is 0 Å². The smallest absolute Gasteiger partial charge is 0.273 e. The SMILES string of the molecule is Cc1ccc(Cn2c(C(=O)Nc3cccc(C)n3)cc3occc32)cc1. The molecule has 5 nitrogen and oxygen atoms in total. The summed E-state index contributed by atoms with van der Waals surface area (Å²) in [6.07, 6.45) is 1.64. The summed E-state index contributed by atoms with van der Waals surface area (Å²) in [5.74, 6) is 0.330. The third-order valence-corrected chi connectivity index (χ3v) is 4.35. The molecule has 1 aromatic carbocycles. The lowest BCUT2D eigenvalue weighted by Crippen LogP contribution is -2.18. The van der Waals surface area contributed by atoms with Gasteiger partial charge in [0, 0.05) is 24.4 Å². The van der Waals surface area contributed by atoms with Crippen molar-refractivity contribution in [1.82, 2.24) is 9.55 Å². The molecule has 3 aromatic heterocycles. The van der Waals surface area contributed by atoms with Crippen LogP contribution in [0.4, 0.5) is 5.82 Å². The fourth-order valence-corrected chi connectivity index (χ4v) is 3.00. The molecule has 0 aliphatic carbocycles. The molecule has 0 unspecified atom stereocenters. The number of fused-ring (bicyclic) bond motifs is 1. The van der Waals surface area contributed by atoms with E-state index in [2.05, 4.69) is 41.5 Å². The summed E-state index contributed by atoms with van der Waals surface area (Å²) in [5.41, 5.74) is 5.32. The molecular formula is C21H19N3O2. The van der Waals surface area contributed by atoms with E-state index in [0.29, 0.717) is 23.6 Å². The molecule has 4 aromatic rings. The molecule has 0 fully saturated rings. The van der Waals surface area contributed by atoms with E-state index >= 15 is 0 Å². The summed E-state index contributed by atoms with van der Waals surface area (Å²) in [5, 5.41) is 2.87. The first-order chi connectivity index (χ1) is 12.6. The second-order valence-corrected chi connectivity index (χ2v) is 6.39. The van der Waals surface area contributed by atoms with E-state index in [1.165, 1.54) is 5.56 Å². The van der Waals surface area contributed by atoms with E-state index in [1.807, 2.05) is 29.7 Å². The fourth-order valence-electron chi connectivity index (χ4n) is 3.00. The molecule has 0 atom stereocenters. The van der Waals surface area contributed by atoms with E-state index in [1.54, 1.807) is 18.4 Å². The predicted octanol–water partition coefficient (Wildman–Crippen LogP) is 4.55. The van der Waals surface area contributed by atoms with Gasteiger partial charge in [-0.05, 0) is 31.5 Å². The van der Waals surface area contributed by atoms with Gasteiger partial charge in [0.1, 0.15) is 11.5 Å². The number of hydrogen-bond donors (Lipinski definition) is 1. The molecule has 0 bridgehead atoms. The van der Waals surface area contributed by atoms with Gasteiger partial charge in [-0.2, -0.15) is 0 Å². The molecule has 0 radical (unpaired) electrons. The molecule has 0 saturated heterocycles. The number of carbonyl (C=O) groups excluding carboxylic acids is 1. The molecule has 0 saturated carbocycles. The first-order valence-corrected chi connectivity index (χ1v) is 8.47. The molecule has 26 heavy (non-hydrogen) atoms. The topological polar surface area (TPSA) is 60.1 Å². The highest BCUT2D eigenvalue weighted by Crippen LogP contribution is 2.23. The summed E-state index contributed by atoms with van der Waals surface area (Å²) in [4.78, 5) is 17.2. The van der Waals surface area contributed by atoms with E-state index in [0.717, 1.165) is 16.8 Å². The maximum Gasteiger partial charge on any atom is 0.273 e. The molecule has 0 aliphatic rings. The number of carbonyl (C=O) groups is 1. The second kappa shape index (κ2) is 6.52. The minimum Gasteiger partial charge on any atom is -0.463 e. The Hall–Kier alpha value is -3.34. The van der Waals surface area contributed by atoms with Crippen LogP contribution in [0.5, 0.6) is 0 Å². The van der Waals surface area contributed by atoms with Crippen LogP contribution in [0.15, 0.2) is 65.3 Å². The second-order valence-electron chi connectivity index (χ2n) is 6.39. The van der Waals surface area contributed by atoms with E-state index in [9.17, 15) is 4.79 Å². The Bertz CT molecular complexity index is 1070. The Balaban J connectivity index is 1.69. The van der Waals surface area contributed by atoms with E-state index in [-0.39, 0.29) is 5.91 Å². The molecule has 4 rings (SSSR count). The lowest BCUT2D eigenvalue weighted by atomic mass is 10.1. The van der Waals surface area contributed by atoms with Crippen molar-refractivity contribution in [2.24, 2.45) is 0 Å². The maximum atomic E-state index is 12.8. The van der Waals surface area contributed by atoms with Crippen LogP contribution in [0.25, 0.3) is 11.1 Å². The summed E-state index contributed by atoms with van der Waals surface area (Å²) >= 11 is 0. The van der Waals surface area contributed by atoms with E-state index in [4.69, 9.17) is 4.42 Å². The summed E-state index contributed by atoms with van der Waals surface area (Å²) in [6, 6.07) is 17.5. The van der Waals surface area contributed by atoms with Crippen molar-refractivity contribution in [3.8, 4) is 0 Å². The van der Waals surface area contributed by atoms with Gasteiger partial charge in [0.05, 0.1) is 11.8 Å². The van der Waals surface area contributed by atoms with Crippen molar-refractivity contribution in [3.05, 3.63) is 83.4 Å². The minimum absolute atomic E-state index is 0.207. The van der Waals surface area contributed by atoms with Crippen molar-refractivity contribution < 1.29 is 9.21 Å². The normalized spacial score (nSPS) is 11.0. The third-order valence-electron chi connectivity index (χ3n) is 4.35. The number of aromatic nitrogens is 2. The lowest BCUT2D eigenvalue weighted by molar-refractivity contribution is 0.101. The van der Waals surface area contributed by atoms with Crippen LogP contribution in [0.3, 0.4) is 0 Å². The number of benzene rings is 1. The first-order valence-electron chi connectivity index (χ1n) is 8.47. The van der Waals surface area contributed by atoms with Crippen molar-refractivity contribution in [2.75, 3.05) is 5.32 Å².